The lowest BCUT2D eigenvalue weighted by Gasteiger charge is -1.98. The van der Waals surface area contributed by atoms with Gasteiger partial charge in [-0.2, -0.15) is 17.9 Å². The van der Waals surface area contributed by atoms with E-state index < -0.39 is 4.75 Å². The summed E-state index contributed by atoms with van der Waals surface area (Å²) in [7, 11) is 0. The highest BCUT2D eigenvalue weighted by Gasteiger charge is 2.14. The first-order chi connectivity index (χ1) is 3.12. The van der Waals surface area contributed by atoms with Crippen molar-refractivity contribution in [2.75, 3.05) is 0 Å². The Hall–Kier alpha value is -0.490. The SMILES string of the molecule is CC(S)(C#N)C=O. The maximum absolute atomic E-state index is 9.76. The molecular formula is C4H5NOS. The summed E-state index contributed by atoms with van der Waals surface area (Å²) in [5, 5.41) is 8.04. The normalized spacial score (nSPS) is 16.7. The van der Waals surface area contributed by atoms with Gasteiger partial charge in [0.05, 0.1) is 6.07 Å². The molecule has 38 valence electrons. The molecule has 0 bridgehead atoms. The molecule has 0 heterocycles. The molecule has 0 fully saturated rings. The molecule has 0 saturated heterocycles. The summed E-state index contributed by atoms with van der Waals surface area (Å²) in [5.74, 6) is 0. The molecule has 0 saturated carbocycles. The Bertz CT molecular complexity index is 113. The van der Waals surface area contributed by atoms with Gasteiger partial charge in [-0.05, 0) is 6.92 Å². The zero-order valence-corrected chi connectivity index (χ0v) is 4.77. The molecule has 2 nitrogen and oxygen atoms in total. The number of hydrogen-bond donors (Lipinski definition) is 1. The molecule has 1 unspecified atom stereocenters. The fourth-order valence-corrected chi connectivity index (χ4v) is 0.0264. The van der Waals surface area contributed by atoms with E-state index in [1.807, 2.05) is 0 Å². The highest BCUT2D eigenvalue weighted by atomic mass is 32.1. The second kappa shape index (κ2) is 1.99. The summed E-state index contributed by atoms with van der Waals surface area (Å²) in [6.07, 6.45) is 0.496. The maximum atomic E-state index is 9.76. The lowest BCUT2D eigenvalue weighted by atomic mass is 10.2. The minimum absolute atomic E-state index is 0.496. The van der Waals surface area contributed by atoms with Gasteiger partial charge in [-0.1, -0.05) is 0 Å². The number of rotatable bonds is 1. The highest BCUT2D eigenvalue weighted by Crippen LogP contribution is 2.05. The smallest absolute Gasteiger partial charge is 0.152 e. The van der Waals surface area contributed by atoms with Crippen molar-refractivity contribution in [2.45, 2.75) is 11.7 Å². The largest absolute Gasteiger partial charge is 0.301 e. The monoisotopic (exact) mass is 115 g/mol. The second-order valence-electron chi connectivity index (χ2n) is 1.38. The standard InChI is InChI=1S/C4H5NOS/c1-4(7,2-5)3-6/h3,7H,1H3. The van der Waals surface area contributed by atoms with Gasteiger partial charge in [0.15, 0.2) is 4.75 Å². The summed E-state index contributed by atoms with van der Waals surface area (Å²) < 4.78 is -1.10. The summed E-state index contributed by atoms with van der Waals surface area (Å²) in [5.41, 5.74) is 0. The van der Waals surface area contributed by atoms with Crippen molar-refractivity contribution in [1.82, 2.24) is 0 Å². The molecule has 0 amide bonds. The first-order valence-electron chi connectivity index (χ1n) is 1.72. The quantitative estimate of drug-likeness (QED) is 0.397. The van der Waals surface area contributed by atoms with Crippen LogP contribution < -0.4 is 0 Å². The predicted molar refractivity (Wildman–Crippen MR) is 29.1 cm³/mol. The minimum atomic E-state index is -1.10. The Morgan fingerprint density at radius 1 is 2.00 bits per heavy atom. The second-order valence-corrected chi connectivity index (χ2v) is 2.31. The van der Waals surface area contributed by atoms with Gasteiger partial charge >= 0.3 is 0 Å². The van der Waals surface area contributed by atoms with E-state index in [4.69, 9.17) is 5.26 Å². The molecule has 0 aromatic rings. The average Bonchev–Trinajstić information content (AvgIpc) is 1.68. The van der Waals surface area contributed by atoms with Gasteiger partial charge in [-0.15, -0.1) is 0 Å². The van der Waals surface area contributed by atoms with Crippen LogP contribution in [0.15, 0.2) is 0 Å². The van der Waals surface area contributed by atoms with Crippen molar-refractivity contribution in [3.05, 3.63) is 0 Å². The number of carbonyl (C=O) groups is 1. The molecule has 0 aliphatic rings. The first-order valence-corrected chi connectivity index (χ1v) is 2.17. The molecule has 0 aromatic heterocycles. The Morgan fingerprint density at radius 2 is 2.43 bits per heavy atom. The van der Waals surface area contributed by atoms with Gasteiger partial charge in [0.1, 0.15) is 6.29 Å². The third-order valence-electron chi connectivity index (χ3n) is 0.456. The van der Waals surface area contributed by atoms with Gasteiger partial charge in [-0.25, -0.2) is 0 Å². The molecule has 0 aromatic carbocycles. The number of carbonyl (C=O) groups excluding carboxylic acids is 1. The average molecular weight is 115 g/mol. The molecule has 1 atom stereocenters. The number of thiol groups is 1. The number of nitriles is 1. The van der Waals surface area contributed by atoms with E-state index >= 15 is 0 Å². The van der Waals surface area contributed by atoms with Crippen LogP contribution in [0.25, 0.3) is 0 Å². The van der Waals surface area contributed by atoms with Crippen LogP contribution in [0, 0.1) is 11.3 Å². The Morgan fingerprint density at radius 3 is 2.43 bits per heavy atom. The van der Waals surface area contributed by atoms with E-state index in [0.29, 0.717) is 6.29 Å². The molecule has 0 aliphatic carbocycles. The zero-order chi connectivity index (χ0) is 5.91. The highest BCUT2D eigenvalue weighted by molar-refractivity contribution is 7.82. The van der Waals surface area contributed by atoms with Gasteiger partial charge < -0.3 is 4.79 Å². The molecule has 0 spiro atoms. The summed E-state index contributed by atoms with van der Waals surface area (Å²) in [6.45, 7) is 1.43. The Kier molecular flexibility index (Phi) is 1.85. The van der Waals surface area contributed by atoms with Gasteiger partial charge in [-0.3, -0.25) is 0 Å². The van der Waals surface area contributed by atoms with Gasteiger partial charge in [0, 0.05) is 0 Å². The third-order valence-corrected chi connectivity index (χ3v) is 0.661. The predicted octanol–water partition coefficient (Wildman–Crippen LogP) is 0.397. The van der Waals surface area contributed by atoms with Crippen LogP contribution in [0.2, 0.25) is 0 Å². The summed E-state index contributed by atoms with van der Waals surface area (Å²) in [6, 6.07) is 1.69. The lowest BCUT2D eigenvalue weighted by Crippen LogP contribution is -2.13. The Labute approximate surface area is 47.5 Å². The topological polar surface area (TPSA) is 40.9 Å². The number of aldehydes is 1. The first kappa shape index (κ1) is 6.51. The Balaban J connectivity index is 3.91. The molecule has 0 aliphatic heterocycles. The van der Waals surface area contributed by atoms with Gasteiger partial charge in [0.2, 0.25) is 0 Å². The minimum Gasteiger partial charge on any atom is -0.301 e. The van der Waals surface area contributed by atoms with E-state index in [1.165, 1.54) is 6.92 Å². The van der Waals surface area contributed by atoms with E-state index in [2.05, 4.69) is 12.6 Å². The van der Waals surface area contributed by atoms with Crippen LogP contribution in [0.4, 0.5) is 0 Å². The molecule has 0 radical (unpaired) electrons. The van der Waals surface area contributed by atoms with Crippen molar-refractivity contribution in [3.8, 4) is 6.07 Å². The molecule has 0 rings (SSSR count). The van der Waals surface area contributed by atoms with Crippen LogP contribution in [-0.4, -0.2) is 11.0 Å². The number of nitrogens with zero attached hydrogens (tertiary/aromatic N) is 1. The molecular weight excluding hydrogens is 110 g/mol. The summed E-state index contributed by atoms with van der Waals surface area (Å²) in [4.78, 5) is 9.76. The molecule has 0 N–H and O–H groups in total. The zero-order valence-electron chi connectivity index (χ0n) is 3.88. The van der Waals surface area contributed by atoms with Crippen molar-refractivity contribution < 1.29 is 4.79 Å². The van der Waals surface area contributed by atoms with Crippen molar-refractivity contribution >= 4 is 18.9 Å². The van der Waals surface area contributed by atoms with Crippen LogP contribution in [-0.2, 0) is 4.79 Å². The van der Waals surface area contributed by atoms with Crippen molar-refractivity contribution in [3.63, 3.8) is 0 Å². The molecule has 7 heavy (non-hydrogen) atoms. The third kappa shape index (κ3) is 2.24. The summed E-state index contributed by atoms with van der Waals surface area (Å²) >= 11 is 3.66. The van der Waals surface area contributed by atoms with Crippen LogP contribution in [0.1, 0.15) is 6.92 Å². The van der Waals surface area contributed by atoms with Crippen LogP contribution >= 0.6 is 12.6 Å². The fourth-order valence-electron chi connectivity index (χ4n) is 0.0264. The van der Waals surface area contributed by atoms with Crippen molar-refractivity contribution in [2.24, 2.45) is 0 Å². The van der Waals surface area contributed by atoms with E-state index in [1.54, 1.807) is 6.07 Å². The number of hydrogen-bond acceptors (Lipinski definition) is 3. The fraction of sp³-hybridized carbons (Fsp3) is 0.500. The van der Waals surface area contributed by atoms with Crippen molar-refractivity contribution in [1.29, 1.82) is 5.26 Å². The van der Waals surface area contributed by atoms with Gasteiger partial charge in [0.25, 0.3) is 0 Å². The van der Waals surface area contributed by atoms with E-state index in [9.17, 15) is 4.79 Å². The lowest BCUT2D eigenvalue weighted by molar-refractivity contribution is -0.108. The van der Waals surface area contributed by atoms with Crippen LogP contribution in [0.5, 0.6) is 0 Å². The molecule has 3 heteroatoms. The maximum Gasteiger partial charge on any atom is 0.152 e. The van der Waals surface area contributed by atoms with Crippen LogP contribution in [0.3, 0.4) is 0 Å². The van der Waals surface area contributed by atoms with E-state index in [-0.39, 0.29) is 0 Å². The van der Waals surface area contributed by atoms with E-state index in [0.717, 1.165) is 0 Å².